The molecular weight excluding hydrogens is 422 g/mol. The zero-order chi connectivity index (χ0) is 22.8. The van der Waals surface area contributed by atoms with E-state index >= 15 is 0 Å². The molecule has 33 heavy (non-hydrogen) atoms. The van der Waals surface area contributed by atoms with E-state index in [1.54, 1.807) is 27.8 Å². The van der Waals surface area contributed by atoms with E-state index in [0.717, 1.165) is 48.4 Å². The second-order valence-corrected chi connectivity index (χ2v) is 8.03. The Bertz CT molecular complexity index is 1290. The molecule has 0 unspecified atom stereocenters. The van der Waals surface area contributed by atoms with E-state index in [0.29, 0.717) is 17.3 Å². The first-order chi connectivity index (χ1) is 16.0. The number of aryl methyl sites for hydroxylation is 2. The number of benzene rings is 1. The molecule has 1 aliphatic heterocycles. The van der Waals surface area contributed by atoms with Crippen molar-refractivity contribution in [2.75, 3.05) is 23.7 Å². The van der Waals surface area contributed by atoms with Gasteiger partial charge in [0, 0.05) is 30.2 Å². The summed E-state index contributed by atoms with van der Waals surface area (Å²) in [6.45, 7) is 3.66. The van der Waals surface area contributed by atoms with Crippen LogP contribution in [0.1, 0.15) is 18.4 Å². The highest BCUT2D eigenvalue weighted by Gasteiger charge is 2.18. The van der Waals surface area contributed by atoms with Crippen LogP contribution in [0.3, 0.4) is 0 Å². The molecular formula is C22H25N9O2. The molecule has 1 aliphatic rings. The van der Waals surface area contributed by atoms with Crippen LogP contribution in [0, 0.1) is 6.92 Å². The molecule has 1 aromatic carbocycles. The van der Waals surface area contributed by atoms with Crippen LogP contribution in [0.15, 0.2) is 43.0 Å². The van der Waals surface area contributed by atoms with Gasteiger partial charge in [0.05, 0.1) is 24.3 Å². The van der Waals surface area contributed by atoms with Gasteiger partial charge in [-0.1, -0.05) is 0 Å². The normalized spacial score (nSPS) is 14.4. The van der Waals surface area contributed by atoms with Crippen LogP contribution in [0.4, 0.5) is 22.1 Å². The van der Waals surface area contributed by atoms with Gasteiger partial charge < -0.3 is 15.4 Å². The van der Waals surface area contributed by atoms with Crippen molar-refractivity contribution in [1.29, 1.82) is 0 Å². The monoisotopic (exact) mass is 447 g/mol. The Kier molecular flexibility index (Phi) is 5.61. The quantitative estimate of drug-likeness (QED) is 0.427. The van der Waals surface area contributed by atoms with Crippen LogP contribution >= 0.6 is 0 Å². The van der Waals surface area contributed by atoms with Gasteiger partial charge in [-0.3, -0.25) is 15.0 Å². The highest BCUT2D eigenvalue weighted by Crippen LogP contribution is 2.24. The number of nitrogens with zero attached hydrogens (tertiary/aromatic N) is 6. The van der Waals surface area contributed by atoms with Crippen molar-refractivity contribution in [3.05, 3.63) is 48.5 Å². The van der Waals surface area contributed by atoms with E-state index in [1.165, 1.54) is 0 Å². The summed E-state index contributed by atoms with van der Waals surface area (Å²) in [5.41, 5.74) is 4.71. The van der Waals surface area contributed by atoms with Gasteiger partial charge in [0.15, 0.2) is 5.65 Å². The maximum Gasteiger partial charge on any atom is 0.411 e. The molecule has 4 heterocycles. The number of nitrogens with one attached hydrogen (secondary N) is 3. The van der Waals surface area contributed by atoms with E-state index in [4.69, 9.17) is 4.74 Å². The van der Waals surface area contributed by atoms with Gasteiger partial charge >= 0.3 is 6.09 Å². The van der Waals surface area contributed by atoms with Crippen molar-refractivity contribution < 1.29 is 9.53 Å². The second-order valence-electron chi connectivity index (χ2n) is 8.03. The van der Waals surface area contributed by atoms with Gasteiger partial charge in [-0.2, -0.15) is 10.1 Å². The molecule has 0 aliphatic carbocycles. The van der Waals surface area contributed by atoms with Crippen LogP contribution in [0.25, 0.3) is 16.9 Å². The SMILES string of the molecule is Cc1cc(Nc2nc3cncc(-c4cnn(C)c4)n3n2)ccc1NC(=O)OC1CCNCC1. The lowest BCUT2D eigenvalue weighted by atomic mass is 10.1. The first-order valence-electron chi connectivity index (χ1n) is 10.8. The third-order valence-corrected chi connectivity index (χ3v) is 5.53. The average molecular weight is 448 g/mol. The van der Waals surface area contributed by atoms with Crippen molar-refractivity contribution in [2.24, 2.45) is 7.05 Å². The number of hydrogen-bond acceptors (Lipinski definition) is 8. The predicted molar refractivity (Wildman–Crippen MR) is 123 cm³/mol. The van der Waals surface area contributed by atoms with Gasteiger partial charge in [-0.15, -0.1) is 5.10 Å². The summed E-state index contributed by atoms with van der Waals surface area (Å²) in [4.78, 5) is 21.0. The fourth-order valence-electron chi connectivity index (χ4n) is 3.83. The fraction of sp³-hybridized carbons (Fsp3) is 0.318. The van der Waals surface area contributed by atoms with E-state index in [2.05, 4.69) is 36.1 Å². The molecule has 0 saturated carbocycles. The Balaban J connectivity index is 1.29. The molecule has 1 amide bonds. The lowest BCUT2D eigenvalue weighted by Gasteiger charge is -2.23. The molecule has 1 fully saturated rings. The molecule has 3 N–H and O–H groups in total. The summed E-state index contributed by atoms with van der Waals surface area (Å²) >= 11 is 0. The molecule has 0 radical (unpaired) electrons. The van der Waals surface area contributed by atoms with E-state index in [1.807, 2.05) is 38.4 Å². The molecule has 11 heteroatoms. The molecule has 1 saturated heterocycles. The molecule has 0 bridgehead atoms. The standard InChI is InChI=1S/C22H25N9O2/c1-14-9-16(3-4-18(14)27-22(32)33-17-5-7-23-8-6-17)26-21-28-20-12-24-11-19(31(20)29-21)15-10-25-30(2)13-15/h3-4,9-13,17,23H,5-8H2,1-2H3,(H,26,29)(H,27,32). The Morgan fingerprint density at radius 1 is 1.21 bits per heavy atom. The summed E-state index contributed by atoms with van der Waals surface area (Å²) in [5.74, 6) is 0.443. The number of aromatic nitrogens is 6. The summed E-state index contributed by atoms with van der Waals surface area (Å²) in [5, 5.41) is 18.1. The maximum atomic E-state index is 12.3. The number of ether oxygens (including phenoxy) is 1. The Hall–Kier alpha value is -3.99. The number of amides is 1. The zero-order valence-electron chi connectivity index (χ0n) is 18.4. The van der Waals surface area contributed by atoms with E-state index in [9.17, 15) is 4.79 Å². The summed E-state index contributed by atoms with van der Waals surface area (Å²) in [7, 11) is 1.86. The third-order valence-electron chi connectivity index (χ3n) is 5.53. The van der Waals surface area contributed by atoms with Crippen molar-refractivity contribution in [2.45, 2.75) is 25.9 Å². The minimum Gasteiger partial charge on any atom is -0.446 e. The van der Waals surface area contributed by atoms with Crippen LogP contribution < -0.4 is 16.0 Å². The van der Waals surface area contributed by atoms with E-state index < -0.39 is 6.09 Å². The highest BCUT2D eigenvalue weighted by molar-refractivity contribution is 5.86. The van der Waals surface area contributed by atoms with Gasteiger partial charge in [0.1, 0.15) is 6.10 Å². The largest absolute Gasteiger partial charge is 0.446 e. The van der Waals surface area contributed by atoms with Crippen molar-refractivity contribution in [1.82, 2.24) is 34.7 Å². The van der Waals surface area contributed by atoms with Crippen molar-refractivity contribution in [3.8, 4) is 11.3 Å². The molecule has 3 aromatic heterocycles. The predicted octanol–water partition coefficient (Wildman–Crippen LogP) is 2.88. The number of piperidine rings is 1. The van der Waals surface area contributed by atoms with E-state index in [-0.39, 0.29) is 6.10 Å². The summed E-state index contributed by atoms with van der Waals surface area (Å²) in [6, 6.07) is 5.62. The maximum absolute atomic E-state index is 12.3. The molecule has 11 nitrogen and oxygen atoms in total. The fourth-order valence-corrected chi connectivity index (χ4v) is 3.83. The first kappa shape index (κ1) is 20.9. The smallest absolute Gasteiger partial charge is 0.411 e. The topological polar surface area (TPSA) is 123 Å². The minimum atomic E-state index is -0.428. The summed E-state index contributed by atoms with van der Waals surface area (Å²) in [6.07, 6.45) is 8.24. The van der Waals surface area contributed by atoms with Crippen LogP contribution in [0.2, 0.25) is 0 Å². The number of hydrogen-bond donors (Lipinski definition) is 3. The molecule has 170 valence electrons. The lowest BCUT2D eigenvalue weighted by molar-refractivity contribution is 0.0909. The average Bonchev–Trinajstić information content (AvgIpc) is 3.41. The molecule has 0 spiro atoms. The van der Waals surface area contributed by atoms with Gasteiger partial charge in [-0.25, -0.2) is 9.31 Å². The molecule has 4 aromatic rings. The Morgan fingerprint density at radius 2 is 2.06 bits per heavy atom. The zero-order valence-corrected chi connectivity index (χ0v) is 18.4. The number of anilines is 3. The molecule has 5 rings (SSSR count). The minimum absolute atomic E-state index is 0.0420. The second kappa shape index (κ2) is 8.87. The van der Waals surface area contributed by atoms with Gasteiger partial charge in [0.2, 0.25) is 5.95 Å². The van der Waals surface area contributed by atoms with Crippen LogP contribution in [-0.2, 0) is 11.8 Å². The van der Waals surface area contributed by atoms with Crippen LogP contribution in [-0.4, -0.2) is 54.6 Å². The first-order valence-corrected chi connectivity index (χ1v) is 10.8. The number of carbonyl (C=O) groups excluding carboxylic acids is 1. The third kappa shape index (κ3) is 4.62. The Morgan fingerprint density at radius 3 is 2.82 bits per heavy atom. The number of carbonyl (C=O) groups is 1. The lowest BCUT2D eigenvalue weighted by Crippen LogP contribution is -2.34. The van der Waals surface area contributed by atoms with Gasteiger partial charge in [-0.05, 0) is 56.6 Å². The number of rotatable bonds is 5. The Labute approximate surface area is 190 Å². The molecule has 0 atom stereocenters. The summed E-state index contributed by atoms with van der Waals surface area (Å²) < 4.78 is 8.97. The number of fused-ring (bicyclic) bond motifs is 1. The van der Waals surface area contributed by atoms with Gasteiger partial charge in [0.25, 0.3) is 0 Å². The van der Waals surface area contributed by atoms with Crippen molar-refractivity contribution >= 4 is 29.1 Å². The van der Waals surface area contributed by atoms with Crippen molar-refractivity contribution in [3.63, 3.8) is 0 Å². The highest BCUT2D eigenvalue weighted by atomic mass is 16.6. The van der Waals surface area contributed by atoms with Crippen LogP contribution in [0.5, 0.6) is 0 Å².